The summed E-state index contributed by atoms with van der Waals surface area (Å²) in [5.41, 5.74) is 7.09. The first-order valence-corrected chi connectivity index (χ1v) is 6.19. The van der Waals surface area contributed by atoms with Crippen LogP contribution in [-0.4, -0.2) is 18.8 Å². The Balaban J connectivity index is 2.05. The van der Waals surface area contributed by atoms with Crippen molar-refractivity contribution in [1.29, 1.82) is 0 Å². The minimum absolute atomic E-state index is 0.190. The topological polar surface area (TPSA) is 35.2 Å². The van der Waals surface area contributed by atoms with Crippen LogP contribution in [0.15, 0.2) is 24.3 Å². The molecule has 0 aromatic heterocycles. The third kappa shape index (κ3) is 3.27. The highest BCUT2D eigenvalue weighted by atomic mass is 19.1. The third-order valence-electron chi connectivity index (χ3n) is 3.63. The summed E-state index contributed by atoms with van der Waals surface area (Å²) < 4.78 is 18.5. The van der Waals surface area contributed by atoms with Crippen LogP contribution in [0.25, 0.3) is 0 Å². The van der Waals surface area contributed by atoms with Gasteiger partial charge in [0, 0.05) is 18.8 Å². The average molecular weight is 237 g/mol. The van der Waals surface area contributed by atoms with E-state index in [4.69, 9.17) is 10.5 Å². The van der Waals surface area contributed by atoms with Gasteiger partial charge in [-0.3, -0.25) is 0 Å². The molecule has 1 aromatic rings. The number of benzene rings is 1. The first-order valence-electron chi connectivity index (χ1n) is 6.19. The van der Waals surface area contributed by atoms with Gasteiger partial charge in [-0.2, -0.15) is 0 Å². The molecule has 17 heavy (non-hydrogen) atoms. The van der Waals surface area contributed by atoms with E-state index < -0.39 is 0 Å². The average Bonchev–Trinajstić information content (AvgIpc) is 2.29. The van der Waals surface area contributed by atoms with Gasteiger partial charge in [-0.05, 0) is 49.8 Å². The first kappa shape index (κ1) is 12.5. The molecule has 1 unspecified atom stereocenters. The van der Waals surface area contributed by atoms with E-state index in [-0.39, 0.29) is 11.4 Å². The Hall–Kier alpha value is -0.930. The van der Waals surface area contributed by atoms with Gasteiger partial charge in [0.05, 0.1) is 0 Å². The largest absolute Gasteiger partial charge is 0.381 e. The zero-order valence-corrected chi connectivity index (χ0v) is 10.3. The van der Waals surface area contributed by atoms with Crippen molar-refractivity contribution in [2.75, 3.05) is 13.2 Å². The molecule has 1 saturated heterocycles. The van der Waals surface area contributed by atoms with Gasteiger partial charge in [0.1, 0.15) is 5.82 Å². The number of nitrogens with two attached hydrogens (primary N) is 1. The maximum atomic E-state index is 13.1. The van der Waals surface area contributed by atoms with Crippen LogP contribution in [-0.2, 0) is 11.2 Å². The van der Waals surface area contributed by atoms with Gasteiger partial charge in [0.15, 0.2) is 0 Å². The van der Waals surface area contributed by atoms with Crippen molar-refractivity contribution >= 4 is 0 Å². The van der Waals surface area contributed by atoms with E-state index in [2.05, 4.69) is 6.92 Å². The Labute approximate surface area is 102 Å². The van der Waals surface area contributed by atoms with Gasteiger partial charge >= 0.3 is 0 Å². The van der Waals surface area contributed by atoms with E-state index in [1.807, 2.05) is 6.07 Å². The van der Waals surface area contributed by atoms with Crippen molar-refractivity contribution in [2.45, 2.75) is 31.7 Å². The van der Waals surface area contributed by atoms with Crippen molar-refractivity contribution < 1.29 is 9.13 Å². The van der Waals surface area contributed by atoms with Crippen LogP contribution in [0.1, 0.15) is 25.3 Å². The normalized spacial score (nSPS) is 21.1. The molecule has 2 rings (SSSR count). The summed E-state index contributed by atoms with van der Waals surface area (Å²) in [5.74, 6) is 0.268. The second kappa shape index (κ2) is 5.15. The van der Waals surface area contributed by atoms with Crippen LogP contribution in [0.3, 0.4) is 0 Å². The van der Waals surface area contributed by atoms with Gasteiger partial charge in [-0.25, -0.2) is 4.39 Å². The van der Waals surface area contributed by atoms with E-state index in [1.54, 1.807) is 12.1 Å². The fourth-order valence-electron chi connectivity index (χ4n) is 2.59. The number of hydrogen-bond donors (Lipinski definition) is 1. The van der Waals surface area contributed by atoms with Crippen LogP contribution in [0.2, 0.25) is 0 Å². The second-order valence-corrected chi connectivity index (χ2v) is 5.20. The van der Waals surface area contributed by atoms with Crippen molar-refractivity contribution in [3.63, 3.8) is 0 Å². The lowest BCUT2D eigenvalue weighted by atomic mass is 9.77. The van der Waals surface area contributed by atoms with Gasteiger partial charge in [-0.1, -0.05) is 12.1 Å². The molecule has 0 radical (unpaired) electrons. The predicted octanol–water partition coefficient (Wildman–Crippen LogP) is 2.51. The van der Waals surface area contributed by atoms with Crippen LogP contribution in [0, 0.1) is 11.7 Å². The molecular formula is C14H20FNO. The second-order valence-electron chi connectivity index (χ2n) is 5.20. The number of rotatable bonds is 3. The van der Waals surface area contributed by atoms with Crippen LogP contribution in [0.4, 0.5) is 4.39 Å². The Morgan fingerprint density at radius 1 is 1.41 bits per heavy atom. The number of ether oxygens (including phenoxy) is 1. The summed E-state index contributed by atoms with van der Waals surface area (Å²) >= 11 is 0. The monoisotopic (exact) mass is 237 g/mol. The SMILES string of the molecule is CC(N)(Cc1cccc(F)c1)C1CCOCC1. The van der Waals surface area contributed by atoms with E-state index in [9.17, 15) is 4.39 Å². The molecule has 0 aliphatic carbocycles. The molecule has 1 aliphatic heterocycles. The van der Waals surface area contributed by atoms with Crippen molar-refractivity contribution in [2.24, 2.45) is 11.7 Å². The van der Waals surface area contributed by atoms with E-state index in [1.165, 1.54) is 6.07 Å². The molecule has 0 bridgehead atoms. The quantitative estimate of drug-likeness (QED) is 0.876. The van der Waals surface area contributed by atoms with Crippen LogP contribution < -0.4 is 5.73 Å². The minimum atomic E-state index is -0.280. The molecule has 0 saturated carbocycles. The molecule has 1 heterocycles. The number of hydrogen-bond acceptors (Lipinski definition) is 2. The fraction of sp³-hybridized carbons (Fsp3) is 0.571. The van der Waals surface area contributed by atoms with Crippen molar-refractivity contribution in [3.05, 3.63) is 35.6 Å². The molecule has 94 valence electrons. The van der Waals surface area contributed by atoms with Gasteiger partial charge in [-0.15, -0.1) is 0 Å². The molecule has 2 nitrogen and oxygen atoms in total. The molecule has 1 fully saturated rings. The Bertz CT molecular complexity index is 372. The molecule has 2 N–H and O–H groups in total. The Morgan fingerprint density at radius 2 is 2.12 bits per heavy atom. The summed E-state index contributed by atoms with van der Waals surface area (Å²) in [6.45, 7) is 3.65. The highest BCUT2D eigenvalue weighted by Gasteiger charge is 2.31. The van der Waals surface area contributed by atoms with Gasteiger partial charge in [0.25, 0.3) is 0 Å². The number of halogens is 1. The minimum Gasteiger partial charge on any atom is -0.381 e. The van der Waals surface area contributed by atoms with Crippen LogP contribution in [0.5, 0.6) is 0 Å². The van der Waals surface area contributed by atoms with Crippen LogP contribution >= 0.6 is 0 Å². The molecular weight excluding hydrogens is 217 g/mol. The molecule has 1 aromatic carbocycles. The first-order chi connectivity index (χ1) is 8.08. The van der Waals surface area contributed by atoms with Gasteiger partial charge < -0.3 is 10.5 Å². The molecule has 3 heteroatoms. The smallest absolute Gasteiger partial charge is 0.123 e. The zero-order valence-electron chi connectivity index (χ0n) is 10.3. The zero-order chi connectivity index (χ0) is 12.3. The van der Waals surface area contributed by atoms with Crippen molar-refractivity contribution in [1.82, 2.24) is 0 Å². The fourth-order valence-corrected chi connectivity index (χ4v) is 2.59. The van der Waals surface area contributed by atoms with E-state index >= 15 is 0 Å². The molecule has 0 spiro atoms. The van der Waals surface area contributed by atoms with Crippen molar-refractivity contribution in [3.8, 4) is 0 Å². The summed E-state index contributed by atoms with van der Waals surface area (Å²) in [5, 5.41) is 0. The maximum absolute atomic E-state index is 13.1. The van der Waals surface area contributed by atoms with Gasteiger partial charge in [0.2, 0.25) is 0 Å². The lowest BCUT2D eigenvalue weighted by molar-refractivity contribution is 0.0419. The predicted molar refractivity (Wildman–Crippen MR) is 66.2 cm³/mol. The Morgan fingerprint density at radius 3 is 2.76 bits per heavy atom. The lowest BCUT2D eigenvalue weighted by Crippen LogP contribution is -2.48. The standard InChI is InChI=1S/C14H20FNO/c1-14(16,12-5-7-17-8-6-12)10-11-3-2-4-13(15)9-11/h2-4,9,12H,5-8,10,16H2,1H3. The third-order valence-corrected chi connectivity index (χ3v) is 3.63. The Kier molecular flexibility index (Phi) is 3.79. The lowest BCUT2D eigenvalue weighted by Gasteiger charge is -2.37. The highest BCUT2D eigenvalue weighted by molar-refractivity contribution is 5.19. The molecule has 1 atom stereocenters. The maximum Gasteiger partial charge on any atom is 0.123 e. The molecule has 0 amide bonds. The van der Waals surface area contributed by atoms with E-state index in [0.717, 1.165) is 38.0 Å². The highest BCUT2D eigenvalue weighted by Crippen LogP contribution is 2.28. The summed E-state index contributed by atoms with van der Waals surface area (Å²) in [4.78, 5) is 0. The summed E-state index contributed by atoms with van der Waals surface area (Å²) in [6.07, 6.45) is 2.72. The summed E-state index contributed by atoms with van der Waals surface area (Å²) in [7, 11) is 0. The molecule has 1 aliphatic rings. The van der Waals surface area contributed by atoms with E-state index in [0.29, 0.717) is 5.92 Å². The summed E-state index contributed by atoms with van der Waals surface area (Å²) in [6, 6.07) is 6.72.